The second kappa shape index (κ2) is 13.0. The van der Waals surface area contributed by atoms with Gasteiger partial charge in [-0.3, -0.25) is 9.59 Å². The smallest absolute Gasteiger partial charge is 0.242 e. The number of aromatic nitrogens is 1. The summed E-state index contributed by atoms with van der Waals surface area (Å²) in [5, 5.41) is 1.19. The number of unbranched alkanes of at least 4 members (excludes halogenated alkanes) is 1. The minimum absolute atomic E-state index is 0.00193. The van der Waals surface area contributed by atoms with Crippen LogP contribution in [0.4, 0.5) is 5.69 Å². The van der Waals surface area contributed by atoms with Crippen molar-refractivity contribution in [3.05, 3.63) is 65.9 Å². The zero-order valence-electron chi connectivity index (χ0n) is 21.7. The maximum atomic E-state index is 13.5. The van der Waals surface area contributed by atoms with Crippen molar-refractivity contribution in [2.24, 2.45) is 0 Å². The third-order valence-electron chi connectivity index (χ3n) is 6.43. The molecule has 0 bridgehead atoms. The van der Waals surface area contributed by atoms with E-state index in [-0.39, 0.29) is 18.4 Å². The highest BCUT2D eigenvalue weighted by Gasteiger charge is 2.21. The Morgan fingerprint density at radius 1 is 0.857 bits per heavy atom. The minimum atomic E-state index is 0.00193. The number of H-pyrrole nitrogens is 1. The Morgan fingerprint density at radius 2 is 1.60 bits per heavy atom. The maximum absolute atomic E-state index is 13.5. The molecule has 1 heterocycles. The van der Waals surface area contributed by atoms with Crippen LogP contribution in [0.3, 0.4) is 0 Å². The fourth-order valence-corrected chi connectivity index (χ4v) is 4.28. The van der Waals surface area contributed by atoms with Gasteiger partial charge in [0, 0.05) is 62.9 Å². The molecule has 1 aromatic heterocycles. The number of fused-ring (bicyclic) bond motifs is 1. The summed E-state index contributed by atoms with van der Waals surface area (Å²) in [4.78, 5) is 35.3. The van der Waals surface area contributed by atoms with Gasteiger partial charge in [-0.1, -0.05) is 50.6 Å². The molecule has 0 aliphatic heterocycles. The lowest BCUT2D eigenvalue weighted by Gasteiger charge is -2.28. The molecular weight excluding hydrogens is 436 g/mol. The molecule has 1 N–H and O–H groups in total. The fourth-order valence-electron chi connectivity index (χ4n) is 4.28. The summed E-state index contributed by atoms with van der Waals surface area (Å²) in [6.07, 6.45) is 5.97. The average molecular weight is 477 g/mol. The van der Waals surface area contributed by atoms with E-state index < -0.39 is 0 Å². The lowest BCUT2D eigenvalue weighted by Crippen LogP contribution is -2.43. The van der Waals surface area contributed by atoms with Crippen LogP contribution in [0.1, 0.15) is 50.7 Å². The van der Waals surface area contributed by atoms with Gasteiger partial charge in [0.25, 0.3) is 0 Å². The van der Waals surface area contributed by atoms with Gasteiger partial charge in [-0.2, -0.15) is 0 Å². The monoisotopic (exact) mass is 476 g/mol. The van der Waals surface area contributed by atoms with Gasteiger partial charge in [0.2, 0.25) is 11.8 Å². The molecule has 3 rings (SSSR count). The molecule has 0 aliphatic carbocycles. The van der Waals surface area contributed by atoms with Crippen molar-refractivity contribution in [3.63, 3.8) is 0 Å². The number of aromatic amines is 1. The molecular formula is C29H40N4O2. The molecule has 0 spiro atoms. The lowest BCUT2D eigenvalue weighted by molar-refractivity contribution is -0.141. The van der Waals surface area contributed by atoms with Crippen molar-refractivity contribution < 1.29 is 9.59 Å². The molecule has 2 amide bonds. The Morgan fingerprint density at radius 3 is 2.29 bits per heavy atom. The van der Waals surface area contributed by atoms with E-state index in [1.807, 2.05) is 44.2 Å². The topological polar surface area (TPSA) is 59.7 Å². The van der Waals surface area contributed by atoms with Crippen molar-refractivity contribution in [1.82, 2.24) is 14.8 Å². The molecule has 0 aliphatic rings. The molecule has 0 radical (unpaired) electrons. The van der Waals surface area contributed by atoms with Crippen molar-refractivity contribution in [2.45, 2.75) is 52.5 Å². The highest BCUT2D eigenvalue weighted by molar-refractivity contribution is 5.85. The van der Waals surface area contributed by atoms with Crippen LogP contribution in [0.5, 0.6) is 0 Å². The molecule has 35 heavy (non-hydrogen) atoms. The third kappa shape index (κ3) is 7.35. The van der Waals surface area contributed by atoms with Gasteiger partial charge >= 0.3 is 0 Å². The normalized spacial score (nSPS) is 11.0. The summed E-state index contributed by atoms with van der Waals surface area (Å²) in [5.74, 6) is 0.0725. The van der Waals surface area contributed by atoms with Crippen molar-refractivity contribution in [1.29, 1.82) is 0 Å². The van der Waals surface area contributed by atoms with Crippen LogP contribution in [0.25, 0.3) is 10.9 Å². The van der Waals surface area contributed by atoms with E-state index in [9.17, 15) is 9.59 Å². The molecule has 3 aromatic rings. The number of carbonyl (C=O) groups is 2. The number of hydrogen-bond donors (Lipinski definition) is 1. The number of anilines is 1. The van der Waals surface area contributed by atoms with Gasteiger partial charge < -0.3 is 19.7 Å². The first-order valence-electron chi connectivity index (χ1n) is 12.8. The predicted molar refractivity (Wildman–Crippen MR) is 145 cm³/mol. The first kappa shape index (κ1) is 26.3. The van der Waals surface area contributed by atoms with E-state index >= 15 is 0 Å². The summed E-state index contributed by atoms with van der Waals surface area (Å²) < 4.78 is 0. The SMILES string of the molecule is CCCCN(CC(=O)N(CCc1c[nH]c2ccccc12)Cc1ccc(N(C)C)cc1)C(=O)CCC. The largest absolute Gasteiger partial charge is 0.378 e. The molecule has 188 valence electrons. The van der Waals surface area contributed by atoms with Crippen LogP contribution in [0.2, 0.25) is 0 Å². The lowest BCUT2D eigenvalue weighted by atomic mass is 10.1. The second-order valence-electron chi connectivity index (χ2n) is 9.40. The molecule has 6 heteroatoms. The predicted octanol–water partition coefficient (Wildman–Crippen LogP) is 5.23. The number of hydrogen-bond acceptors (Lipinski definition) is 3. The second-order valence-corrected chi connectivity index (χ2v) is 9.40. The van der Waals surface area contributed by atoms with Gasteiger partial charge in [-0.15, -0.1) is 0 Å². The minimum Gasteiger partial charge on any atom is -0.378 e. The number of para-hydroxylation sites is 1. The summed E-state index contributed by atoms with van der Waals surface area (Å²) >= 11 is 0. The van der Waals surface area contributed by atoms with Crippen LogP contribution in [-0.2, 0) is 22.6 Å². The first-order valence-corrected chi connectivity index (χ1v) is 12.8. The van der Waals surface area contributed by atoms with Gasteiger partial charge in [0.1, 0.15) is 0 Å². The highest BCUT2D eigenvalue weighted by Crippen LogP contribution is 2.20. The fraction of sp³-hybridized carbons (Fsp3) is 0.448. The Kier molecular flexibility index (Phi) is 9.76. The Hall–Kier alpha value is -3.28. The molecule has 2 aromatic carbocycles. The Balaban J connectivity index is 1.78. The summed E-state index contributed by atoms with van der Waals surface area (Å²) in [7, 11) is 4.04. The van der Waals surface area contributed by atoms with Crippen LogP contribution >= 0.6 is 0 Å². The summed E-state index contributed by atoms with van der Waals surface area (Å²) in [5.41, 5.74) is 4.52. The quantitative estimate of drug-likeness (QED) is 0.367. The number of amides is 2. The first-order chi connectivity index (χ1) is 16.9. The van der Waals surface area contributed by atoms with Crippen molar-refractivity contribution in [3.8, 4) is 0 Å². The van der Waals surface area contributed by atoms with Crippen LogP contribution in [-0.4, -0.2) is 60.3 Å². The van der Waals surface area contributed by atoms with E-state index in [0.717, 1.165) is 42.5 Å². The molecule has 0 unspecified atom stereocenters. The molecule has 6 nitrogen and oxygen atoms in total. The van der Waals surface area contributed by atoms with Crippen LogP contribution in [0.15, 0.2) is 54.7 Å². The van der Waals surface area contributed by atoms with E-state index in [1.165, 1.54) is 10.9 Å². The van der Waals surface area contributed by atoms with Gasteiger partial charge in [0.15, 0.2) is 0 Å². The van der Waals surface area contributed by atoms with Crippen LogP contribution in [0, 0.1) is 0 Å². The molecule has 0 atom stereocenters. The Labute approximate surface area is 209 Å². The number of benzene rings is 2. The van der Waals surface area contributed by atoms with Gasteiger partial charge in [0.05, 0.1) is 6.54 Å². The summed E-state index contributed by atoms with van der Waals surface area (Å²) in [6, 6.07) is 16.6. The van der Waals surface area contributed by atoms with E-state index in [4.69, 9.17) is 0 Å². The van der Waals surface area contributed by atoms with E-state index in [2.05, 4.69) is 53.2 Å². The number of carbonyl (C=O) groups excluding carboxylic acids is 2. The highest BCUT2D eigenvalue weighted by atomic mass is 16.2. The third-order valence-corrected chi connectivity index (χ3v) is 6.43. The zero-order chi connectivity index (χ0) is 25.2. The van der Waals surface area contributed by atoms with Crippen molar-refractivity contribution >= 4 is 28.4 Å². The summed E-state index contributed by atoms with van der Waals surface area (Å²) in [6.45, 7) is 6.01. The van der Waals surface area contributed by atoms with Crippen LogP contribution < -0.4 is 4.90 Å². The number of nitrogens with one attached hydrogen (secondary N) is 1. The maximum Gasteiger partial charge on any atom is 0.242 e. The molecule has 0 saturated heterocycles. The van der Waals surface area contributed by atoms with E-state index in [1.54, 1.807) is 4.90 Å². The Bertz CT molecular complexity index is 1090. The van der Waals surface area contributed by atoms with Gasteiger partial charge in [-0.25, -0.2) is 0 Å². The standard InChI is InChI=1S/C29H40N4O2/c1-5-7-18-32(28(34)10-6-2)22-29(35)33(21-23-13-15-25(16-14-23)31(3)4)19-17-24-20-30-27-12-9-8-11-26(24)27/h8-9,11-16,20,30H,5-7,10,17-19,21-22H2,1-4H3. The molecule has 0 saturated carbocycles. The number of rotatable bonds is 13. The van der Waals surface area contributed by atoms with Gasteiger partial charge in [-0.05, 0) is 48.6 Å². The number of nitrogens with zero attached hydrogens (tertiary/aromatic N) is 3. The van der Waals surface area contributed by atoms with E-state index in [0.29, 0.717) is 26.1 Å². The zero-order valence-corrected chi connectivity index (χ0v) is 21.7. The average Bonchev–Trinajstić information content (AvgIpc) is 3.27. The molecule has 0 fully saturated rings. The van der Waals surface area contributed by atoms with Crippen molar-refractivity contribution in [2.75, 3.05) is 38.6 Å².